The molecule has 1 aromatic carbocycles. The molecule has 1 aromatic rings. The number of hydrogen-bond donors (Lipinski definition) is 2. The number of benzene rings is 1. The minimum Gasteiger partial charge on any atom is -0.337 e. The summed E-state index contributed by atoms with van der Waals surface area (Å²) in [6.07, 6.45) is 1.20. The van der Waals surface area contributed by atoms with Gasteiger partial charge in [0.1, 0.15) is 0 Å². The van der Waals surface area contributed by atoms with Gasteiger partial charge in [0.15, 0.2) is 0 Å². The van der Waals surface area contributed by atoms with Crippen LogP contribution in [0, 0.1) is 5.41 Å². The predicted molar refractivity (Wildman–Crippen MR) is 92.6 cm³/mol. The molecule has 1 aliphatic rings. The van der Waals surface area contributed by atoms with Crippen molar-refractivity contribution in [1.82, 2.24) is 4.90 Å². The van der Waals surface area contributed by atoms with Gasteiger partial charge in [0.05, 0.1) is 10.6 Å². The van der Waals surface area contributed by atoms with E-state index in [1.165, 1.54) is 0 Å². The molecule has 0 saturated carbocycles. The van der Waals surface area contributed by atoms with Gasteiger partial charge in [-0.3, -0.25) is 9.59 Å². The molecule has 23 heavy (non-hydrogen) atoms. The Balaban J connectivity index is 2.12. The largest absolute Gasteiger partial charge is 0.337 e. The number of rotatable bonds is 3. The van der Waals surface area contributed by atoms with Crippen molar-refractivity contribution < 1.29 is 9.59 Å². The highest BCUT2D eigenvalue weighted by Crippen LogP contribution is 2.25. The van der Waals surface area contributed by atoms with Crippen LogP contribution in [0.15, 0.2) is 18.2 Å². The quantitative estimate of drug-likeness (QED) is 0.890. The normalized spacial score (nSPS) is 18.1. The molecule has 5 nitrogen and oxygen atoms in total. The lowest BCUT2D eigenvalue weighted by molar-refractivity contribution is -0.117. The van der Waals surface area contributed by atoms with E-state index in [1.807, 2.05) is 20.8 Å². The Labute approximate surface area is 142 Å². The zero-order valence-corrected chi connectivity index (χ0v) is 14.6. The van der Waals surface area contributed by atoms with Crippen LogP contribution in [-0.4, -0.2) is 35.8 Å². The molecule has 1 fully saturated rings. The Kier molecular flexibility index (Phi) is 5.32. The molecule has 1 atom stereocenters. The van der Waals surface area contributed by atoms with Crippen molar-refractivity contribution in [3.8, 4) is 0 Å². The maximum absolute atomic E-state index is 12.6. The summed E-state index contributed by atoms with van der Waals surface area (Å²) in [6.45, 7) is 7.17. The third-order valence-corrected chi connectivity index (χ3v) is 4.01. The van der Waals surface area contributed by atoms with E-state index < -0.39 is 0 Å². The third kappa shape index (κ3) is 4.94. The first kappa shape index (κ1) is 17.8. The summed E-state index contributed by atoms with van der Waals surface area (Å²) in [7, 11) is 0. The first-order chi connectivity index (χ1) is 10.7. The molecule has 1 aliphatic heterocycles. The van der Waals surface area contributed by atoms with Gasteiger partial charge in [-0.1, -0.05) is 32.4 Å². The van der Waals surface area contributed by atoms with Gasteiger partial charge in [-0.15, -0.1) is 0 Å². The van der Waals surface area contributed by atoms with Crippen molar-refractivity contribution in [2.75, 3.05) is 18.4 Å². The number of likely N-dealkylation sites (tertiary alicyclic amines) is 1. The topological polar surface area (TPSA) is 75.4 Å². The summed E-state index contributed by atoms with van der Waals surface area (Å²) in [4.78, 5) is 26.3. The van der Waals surface area contributed by atoms with Gasteiger partial charge in [0.25, 0.3) is 5.91 Å². The lowest BCUT2D eigenvalue weighted by Gasteiger charge is -2.19. The van der Waals surface area contributed by atoms with Crippen LogP contribution in [0.2, 0.25) is 5.02 Å². The van der Waals surface area contributed by atoms with E-state index in [0.717, 1.165) is 6.42 Å². The highest BCUT2D eigenvalue weighted by atomic mass is 35.5. The Morgan fingerprint density at radius 1 is 1.39 bits per heavy atom. The molecular formula is C17H24ClN3O2. The smallest absolute Gasteiger partial charge is 0.255 e. The van der Waals surface area contributed by atoms with E-state index >= 15 is 0 Å². The summed E-state index contributed by atoms with van der Waals surface area (Å²) < 4.78 is 0. The highest BCUT2D eigenvalue weighted by Gasteiger charge is 2.26. The number of nitrogens with one attached hydrogen (secondary N) is 1. The van der Waals surface area contributed by atoms with E-state index in [9.17, 15) is 9.59 Å². The number of carbonyl (C=O) groups excluding carboxylic acids is 2. The molecule has 0 radical (unpaired) electrons. The molecule has 0 aromatic heterocycles. The average molecular weight is 338 g/mol. The molecule has 126 valence electrons. The third-order valence-electron chi connectivity index (χ3n) is 3.68. The van der Waals surface area contributed by atoms with Crippen LogP contribution >= 0.6 is 11.6 Å². The number of carbonyl (C=O) groups is 2. The highest BCUT2D eigenvalue weighted by molar-refractivity contribution is 6.34. The molecule has 0 aliphatic carbocycles. The molecule has 1 saturated heterocycles. The van der Waals surface area contributed by atoms with Crippen LogP contribution in [0.25, 0.3) is 0 Å². The van der Waals surface area contributed by atoms with Gasteiger partial charge in [-0.2, -0.15) is 0 Å². The number of nitrogens with zero attached hydrogens (tertiary/aromatic N) is 1. The number of halogens is 1. The van der Waals surface area contributed by atoms with Crippen molar-refractivity contribution in [3.63, 3.8) is 0 Å². The van der Waals surface area contributed by atoms with Crippen LogP contribution in [0.1, 0.15) is 44.0 Å². The lowest BCUT2D eigenvalue weighted by Crippen LogP contribution is -2.32. The second kappa shape index (κ2) is 6.89. The molecule has 0 spiro atoms. The summed E-state index contributed by atoms with van der Waals surface area (Å²) in [6, 6.07) is 4.99. The zero-order chi connectivity index (χ0) is 17.2. The number of hydrogen-bond acceptors (Lipinski definition) is 3. The molecule has 1 heterocycles. The summed E-state index contributed by atoms with van der Waals surface area (Å²) in [5.74, 6) is -0.226. The molecule has 3 N–H and O–H groups in total. The first-order valence-corrected chi connectivity index (χ1v) is 8.18. The Hall–Kier alpha value is -1.59. The number of anilines is 1. The van der Waals surface area contributed by atoms with Gasteiger partial charge in [-0.25, -0.2) is 0 Å². The Bertz CT molecular complexity index is 610. The fraction of sp³-hybridized carbons (Fsp3) is 0.529. The molecule has 0 bridgehead atoms. The maximum Gasteiger partial charge on any atom is 0.255 e. The maximum atomic E-state index is 12.6. The van der Waals surface area contributed by atoms with Crippen LogP contribution in [0.5, 0.6) is 0 Å². The van der Waals surface area contributed by atoms with E-state index in [2.05, 4.69) is 5.32 Å². The van der Waals surface area contributed by atoms with E-state index in [4.69, 9.17) is 17.3 Å². The van der Waals surface area contributed by atoms with Gasteiger partial charge < -0.3 is 16.0 Å². The number of amides is 2. The molecule has 2 rings (SSSR count). The second-order valence-corrected chi connectivity index (χ2v) is 7.69. The van der Waals surface area contributed by atoms with Gasteiger partial charge in [0, 0.05) is 31.2 Å². The van der Waals surface area contributed by atoms with E-state index in [-0.39, 0.29) is 23.3 Å². The van der Waals surface area contributed by atoms with Gasteiger partial charge in [0.2, 0.25) is 5.91 Å². The standard InChI is InChI=1S/C17H24ClN3O2/c1-17(2,3)9-15(22)20-12-4-5-14(18)13(8-12)16(23)21-7-6-11(19)10-21/h4-5,8,11H,6-7,9-10,19H2,1-3H3,(H,20,22)/t11-/m1/s1. The fourth-order valence-electron chi connectivity index (χ4n) is 2.60. The summed E-state index contributed by atoms with van der Waals surface area (Å²) >= 11 is 6.16. The SMILES string of the molecule is CC(C)(C)CC(=O)Nc1ccc(Cl)c(C(=O)N2CC[C@@H](N)C2)c1. The number of nitrogens with two attached hydrogens (primary N) is 1. The second-order valence-electron chi connectivity index (χ2n) is 7.28. The van der Waals surface area contributed by atoms with Crippen LogP contribution in [0.4, 0.5) is 5.69 Å². The van der Waals surface area contributed by atoms with Crippen molar-refractivity contribution in [2.24, 2.45) is 11.1 Å². The van der Waals surface area contributed by atoms with Gasteiger partial charge in [-0.05, 0) is 30.0 Å². The van der Waals surface area contributed by atoms with E-state index in [1.54, 1.807) is 23.1 Å². The molecule has 0 unspecified atom stereocenters. The zero-order valence-electron chi connectivity index (χ0n) is 13.9. The van der Waals surface area contributed by atoms with Crippen molar-refractivity contribution in [2.45, 2.75) is 39.7 Å². The minimum absolute atomic E-state index is 0.0207. The summed E-state index contributed by atoms with van der Waals surface area (Å²) in [5.41, 5.74) is 6.73. The minimum atomic E-state index is -0.144. The Morgan fingerprint density at radius 2 is 2.09 bits per heavy atom. The fourth-order valence-corrected chi connectivity index (χ4v) is 2.79. The van der Waals surface area contributed by atoms with Crippen LogP contribution < -0.4 is 11.1 Å². The molecule has 6 heteroatoms. The first-order valence-electron chi connectivity index (χ1n) is 7.80. The van der Waals surface area contributed by atoms with Crippen molar-refractivity contribution >= 4 is 29.1 Å². The van der Waals surface area contributed by atoms with Crippen molar-refractivity contribution in [1.29, 1.82) is 0 Å². The monoisotopic (exact) mass is 337 g/mol. The lowest BCUT2D eigenvalue weighted by atomic mass is 9.92. The summed E-state index contributed by atoms with van der Waals surface area (Å²) in [5, 5.41) is 3.21. The molecular weight excluding hydrogens is 314 g/mol. The van der Waals surface area contributed by atoms with Crippen LogP contribution in [-0.2, 0) is 4.79 Å². The average Bonchev–Trinajstić information content (AvgIpc) is 2.84. The predicted octanol–water partition coefficient (Wildman–Crippen LogP) is 2.89. The molecule has 2 amide bonds. The van der Waals surface area contributed by atoms with E-state index in [0.29, 0.717) is 35.8 Å². The Morgan fingerprint density at radius 3 is 2.65 bits per heavy atom. The van der Waals surface area contributed by atoms with Crippen LogP contribution in [0.3, 0.4) is 0 Å². The van der Waals surface area contributed by atoms with Gasteiger partial charge >= 0.3 is 0 Å². The van der Waals surface area contributed by atoms with Crippen molar-refractivity contribution in [3.05, 3.63) is 28.8 Å².